The predicted molar refractivity (Wildman–Crippen MR) is 97.7 cm³/mol. The first-order chi connectivity index (χ1) is 12.2. The molecule has 1 aliphatic rings. The van der Waals surface area contributed by atoms with Gasteiger partial charge in [0.05, 0.1) is 13.5 Å². The van der Waals surface area contributed by atoms with E-state index < -0.39 is 11.9 Å². The Morgan fingerprint density at radius 3 is 2.56 bits per heavy atom. The molecule has 1 rings (SSSR count). The summed E-state index contributed by atoms with van der Waals surface area (Å²) in [6.07, 6.45) is 19.4. The third-order valence-electron chi connectivity index (χ3n) is 4.15. The molecule has 2 atom stereocenters. The van der Waals surface area contributed by atoms with Crippen LogP contribution in [0.5, 0.6) is 0 Å². The first-order valence-electron chi connectivity index (χ1n) is 9.09. The van der Waals surface area contributed by atoms with Gasteiger partial charge in [0.15, 0.2) is 0 Å². The van der Waals surface area contributed by atoms with Crippen molar-refractivity contribution in [1.29, 1.82) is 0 Å². The lowest BCUT2D eigenvalue weighted by Gasteiger charge is -2.32. The van der Waals surface area contributed by atoms with Crippen LogP contribution in [0.1, 0.15) is 58.3 Å². The first-order valence-corrected chi connectivity index (χ1v) is 9.09. The summed E-state index contributed by atoms with van der Waals surface area (Å²) in [7, 11) is 2.96. The molecule has 0 aliphatic carbocycles. The molecule has 2 unspecified atom stereocenters. The fraction of sp³-hybridized carbons (Fsp3) is 0.650. The largest absolute Gasteiger partial charge is 0.469 e. The maximum absolute atomic E-state index is 11.3. The zero-order chi connectivity index (χ0) is 18.4. The van der Waals surface area contributed by atoms with Crippen molar-refractivity contribution in [3.05, 3.63) is 36.5 Å². The van der Waals surface area contributed by atoms with Gasteiger partial charge in [-0.15, -0.1) is 0 Å². The Bertz CT molecular complexity index is 455. The summed E-state index contributed by atoms with van der Waals surface area (Å²) < 4.78 is 10.1. The van der Waals surface area contributed by atoms with E-state index in [4.69, 9.17) is 14.5 Å². The molecule has 0 amide bonds. The first kappa shape index (κ1) is 21.6. The van der Waals surface area contributed by atoms with E-state index in [0.29, 0.717) is 0 Å². The SMILES string of the molecule is C/C=C/C=C/CCCCCCCC1(OC)C=CC(CC(=O)OC)OO1. The van der Waals surface area contributed by atoms with Gasteiger partial charge in [0.25, 0.3) is 0 Å². The fourth-order valence-corrected chi connectivity index (χ4v) is 2.59. The van der Waals surface area contributed by atoms with Gasteiger partial charge in [0.1, 0.15) is 6.10 Å². The average Bonchev–Trinajstić information content (AvgIpc) is 2.64. The summed E-state index contributed by atoms with van der Waals surface area (Å²) in [5.74, 6) is -1.18. The number of rotatable bonds is 12. The number of unbranched alkanes of at least 4 members (excludes halogenated alkanes) is 5. The fourth-order valence-electron chi connectivity index (χ4n) is 2.59. The quantitative estimate of drug-likeness (QED) is 0.168. The number of hydrogen-bond acceptors (Lipinski definition) is 5. The van der Waals surface area contributed by atoms with Crippen molar-refractivity contribution in [2.24, 2.45) is 0 Å². The van der Waals surface area contributed by atoms with Gasteiger partial charge >= 0.3 is 5.97 Å². The van der Waals surface area contributed by atoms with E-state index in [-0.39, 0.29) is 12.4 Å². The van der Waals surface area contributed by atoms with Crippen molar-refractivity contribution in [3.63, 3.8) is 0 Å². The minimum Gasteiger partial charge on any atom is -0.469 e. The van der Waals surface area contributed by atoms with Crippen LogP contribution >= 0.6 is 0 Å². The number of esters is 1. The summed E-state index contributed by atoms with van der Waals surface area (Å²) in [5, 5.41) is 0. The van der Waals surface area contributed by atoms with E-state index in [1.54, 1.807) is 13.2 Å². The van der Waals surface area contributed by atoms with E-state index in [0.717, 1.165) is 25.7 Å². The number of carbonyl (C=O) groups is 1. The molecule has 5 heteroatoms. The predicted octanol–water partition coefficient (Wildman–Crippen LogP) is 4.64. The van der Waals surface area contributed by atoms with E-state index >= 15 is 0 Å². The van der Waals surface area contributed by atoms with Crippen LogP contribution in [0.4, 0.5) is 0 Å². The van der Waals surface area contributed by atoms with Crippen LogP contribution < -0.4 is 0 Å². The van der Waals surface area contributed by atoms with Crippen molar-refractivity contribution < 1.29 is 24.0 Å². The molecule has 0 radical (unpaired) electrons. The molecule has 0 saturated carbocycles. The Kier molecular flexibility index (Phi) is 11.1. The van der Waals surface area contributed by atoms with Crippen LogP contribution in [0.3, 0.4) is 0 Å². The van der Waals surface area contributed by atoms with Crippen LogP contribution in [0.25, 0.3) is 0 Å². The molecule has 0 aromatic heterocycles. The number of allylic oxidation sites excluding steroid dienone is 4. The molecule has 0 spiro atoms. The van der Waals surface area contributed by atoms with Crippen molar-refractivity contribution >= 4 is 5.97 Å². The van der Waals surface area contributed by atoms with Crippen molar-refractivity contribution in [2.75, 3.05) is 14.2 Å². The Labute approximate surface area is 151 Å². The highest BCUT2D eigenvalue weighted by Gasteiger charge is 2.34. The van der Waals surface area contributed by atoms with E-state index in [1.807, 2.05) is 19.1 Å². The number of methoxy groups -OCH3 is 2. The second-order valence-electron chi connectivity index (χ2n) is 6.13. The lowest BCUT2D eigenvalue weighted by atomic mass is 10.0. The number of carbonyl (C=O) groups excluding carboxylic acids is 1. The zero-order valence-electron chi connectivity index (χ0n) is 15.7. The number of hydrogen-bond donors (Lipinski definition) is 0. The smallest absolute Gasteiger partial charge is 0.308 e. The Hall–Kier alpha value is -1.43. The normalized spacial score (nSPS) is 23.6. The van der Waals surface area contributed by atoms with Crippen molar-refractivity contribution in [3.8, 4) is 0 Å². The third kappa shape index (κ3) is 9.00. The molecule has 0 N–H and O–H groups in total. The van der Waals surface area contributed by atoms with Gasteiger partial charge in [-0.25, -0.2) is 4.89 Å². The summed E-state index contributed by atoms with van der Waals surface area (Å²) in [6, 6.07) is 0. The Balaban J connectivity index is 2.19. The zero-order valence-corrected chi connectivity index (χ0v) is 15.7. The molecule has 0 saturated heterocycles. The maximum atomic E-state index is 11.3. The molecule has 0 aromatic carbocycles. The number of ether oxygens (including phenoxy) is 2. The summed E-state index contributed by atoms with van der Waals surface area (Å²) >= 11 is 0. The highest BCUT2D eigenvalue weighted by atomic mass is 17.2. The molecule has 1 heterocycles. The molecular formula is C20H32O5. The molecular weight excluding hydrogens is 320 g/mol. The van der Waals surface area contributed by atoms with Crippen LogP contribution in [0.2, 0.25) is 0 Å². The monoisotopic (exact) mass is 352 g/mol. The lowest BCUT2D eigenvalue weighted by molar-refractivity contribution is -0.428. The average molecular weight is 352 g/mol. The van der Waals surface area contributed by atoms with Gasteiger partial charge < -0.3 is 9.47 Å². The molecule has 142 valence electrons. The van der Waals surface area contributed by atoms with Gasteiger partial charge in [-0.3, -0.25) is 4.79 Å². The van der Waals surface area contributed by atoms with Crippen LogP contribution in [0, 0.1) is 0 Å². The highest BCUT2D eigenvalue weighted by molar-refractivity contribution is 5.70. The van der Waals surface area contributed by atoms with Crippen molar-refractivity contribution in [1.82, 2.24) is 0 Å². The summed E-state index contributed by atoms with van der Waals surface area (Å²) in [4.78, 5) is 21.9. The van der Waals surface area contributed by atoms with Gasteiger partial charge in [-0.05, 0) is 32.3 Å². The topological polar surface area (TPSA) is 54.0 Å². The summed E-state index contributed by atoms with van der Waals surface area (Å²) in [5.41, 5.74) is 0. The van der Waals surface area contributed by atoms with Crippen LogP contribution in [-0.4, -0.2) is 32.1 Å². The molecule has 0 aromatic rings. The molecule has 0 bridgehead atoms. The van der Waals surface area contributed by atoms with Crippen molar-refractivity contribution in [2.45, 2.75) is 70.2 Å². The third-order valence-corrected chi connectivity index (χ3v) is 4.15. The Morgan fingerprint density at radius 1 is 1.16 bits per heavy atom. The Morgan fingerprint density at radius 2 is 1.92 bits per heavy atom. The lowest BCUT2D eigenvalue weighted by Crippen LogP contribution is -2.38. The van der Waals surface area contributed by atoms with Gasteiger partial charge in [0.2, 0.25) is 5.79 Å². The van der Waals surface area contributed by atoms with Gasteiger partial charge in [-0.1, -0.05) is 49.6 Å². The summed E-state index contributed by atoms with van der Waals surface area (Å²) in [6.45, 7) is 2.02. The minimum atomic E-state index is -0.845. The van der Waals surface area contributed by atoms with E-state index in [1.165, 1.54) is 26.4 Å². The van der Waals surface area contributed by atoms with Crippen LogP contribution in [0.15, 0.2) is 36.5 Å². The minimum absolute atomic E-state index is 0.134. The van der Waals surface area contributed by atoms with E-state index in [9.17, 15) is 4.79 Å². The molecule has 5 nitrogen and oxygen atoms in total. The molecule has 25 heavy (non-hydrogen) atoms. The van der Waals surface area contributed by atoms with Gasteiger partial charge in [0, 0.05) is 13.5 Å². The molecule has 1 aliphatic heterocycles. The second kappa shape index (κ2) is 12.9. The maximum Gasteiger partial charge on any atom is 0.308 e. The van der Waals surface area contributed by atoms with Crippen LogP contribution in [-0.2, 0) is 24.0 Å². The van der Waals surface area contributed by atoms with E-state index in [2.05, 4.69) is 23.0 Å². The second-order valence-corrected chi connectivity index (χ2v) is 6.13. The standard InChI is InChI=1S/C20H32O5/c1-4-5-6-7-8-9-10-11-12-13-15-20(23-3)16-14-18(24-25-20)17-19(21)22-2/h4-7,14,16,18H,8-13,15,17H2,1-3H3/b5-4+,7-6+. The molecule has 0 fully saturated rings. The highest BCUT2D eigenvalue weighted by Crippen LogP contribution is 2.28. The van der Waals surface area contributed by atoms with Gasteiger partial charge in [-0.2, -0.15) is 4.89 Å².